The molecule has 1 amide bonds. The SMILES string of the molecule is CC(C)NC(=O)C(C#N)C(=O)c1csc2c1CCCC2. The van der Waals surface area contributed by atoms with Crippen LogP contribution in [0.25, 0.3) is 0 Å². The van der Waals surface area contributed by atoms with Crippen LogP contribution in [0.2, 0.25) is 0 Å². The molecule has 1 aliphatic carbocycles. The van der Waals surface area contributed by atoms with E-state index in [2.05, 4.69) is 5.32 Å². The van der Waals surface area contributed by atoms with Gasteiger partial charge >= 0.3 is 0 Å². The molecule has 106 valence electrons. The fourth-order valence-electron chi connectivity index (χ4n) is 2.46. The molecule has 0 fully saturated rings. The highest BCUT2D eigenvalue weighted by Gasteiger charge is 2.31. The van der Waals surface area contributed by atoms with Crippen LogP contribution in [0.5, 0.6) is 0 Å². The van der Waals surface area contributed by atoms with Gasteiger partial charge in [0, 0.05) is 21.9 Å². The molecule has 0 saturated heterocycles. The molecule has 1 aliphatic rings. The number of hydrogen-bond acceptors (Lipinski definition) is 4. The molecule has 1 N–H and O–H groups in total. The second kappa shape index (κ2) is 6.19. The number of carbonyl (C=O) groups excluding carboxylic acids is 2. The number of aryl methyl sites for hydroxylation is 1. The Bertz CT molecular complexity index is 569. The fourth-order valence-corrected chi connectivity index (χ4v) is 3.60. The molecule has 5 heteroatoms. The summed E-state index contributed by atoms with van der Waals surface area (Å²) in [6, 6.07) is 1.76. The zero-order valence-electron chi connectivity index (χ0n) is 11.7. The number of carbonyl (C=O) groups is 2. The van der Waals surface area contributed by atoms with E-state index in [1.807, 2.05) is 25.3 Å². The Balaban J connectivity index is 2.23. The first-order valence-corrected chi connectivity index (χ1v) is 7.76. The number of ketones is 1. The van der Waals surface area contributed by atoms with Crippen LogP contribution < -0.4 is 5.32 Å². The lowest BCUT2D eigenvalue weighted by atomic mass is 9.90. The molecule has 0 aromatic carbocycles. The van der Waals surface area contributed by atoms with E-state index >= 15 is 0 Å². The second-order valence-electron chi connectivity index (χ2n) is 5.35. The number of rotatable bonds is 4. The Morgan fingerprint density at radius 3 is 2.70 bits per heavy atom. The molecule has 1 unspecified atom stereocenters. The summed E-state index contributed by atoms with van der Waals surface area (Å²) in [5.74, 6) is -2.09. The summed E-state index contributed by atoms with van der Waals surface area (Å²) < 4.78 is 0. The summed E-state index contributed by atoms with van der Waals surface area (Å²) in [7, 11) is 0. The van der Waals surface area contributed by atoms with Crippen molar-refractivity contribution in [3.05, 3.63) is 21.4 Å². The van der Waals surface area contributed by atoms with Crippen LogP contribution in [-0.4, -0.2) is 17.7 Å². The summed E-state index contributed by atoms with van der Waals surface area (Å²) >= 11 is 1.57. The van der Waals surface area contributed by atoms with E-state index < -0.39 is 11.8 Å². The largest absolute Gasteiger partial charge is 0.352 e. The number of hydrogen-bond donors (Lipinski definition) is 1. The number of amides is 1. The Morgan fingerprint density at radius 1 is 1.35 bits per heavy atom. The van der Waals surface area contributed by atoms with E-state index in [4.69, 9.17) is 5.26 Å². The first kappa shape index (κ1) is 14.7. The maximum atomic E-state index is 12.5. The smallest absolute Gasteiger partial charge is 0.245 e. The minimum atomic E-state index is -1.24. The fraction of sp³-hybridized carbons (Fsp3) is 0.533. The van der Waals surface area contributed by atoms with Gasteiger partial charge in [0.1, 0.15) is 0 Å². The van der Waals surface area contributed by atoms with Gasteiger partial charge in [0.25, 0.3) is 0 Å². The lowest BCUT2D eigenvalue weighted by molar-refractivity contribution is -0.122. The average molecular weight is 290 g/mol. The van der Waals surface area contributed by atoms with Gasteiger partial charge in [0.15, 0.2) is 11.7 Å². The van der Waals surface area contributed by atoms with Gasteiger partial charge in [-0.15, -0.1) is 11.3 Å². The van der Waals surface area contributed by atoms with Crippen molar-refractivity contribution in [1.82, 2.24) is 5.32 Å². The van der Waals surface area contributed by atoms with Gasteiger partial charge in [-0.05, 0) is 45.1 Å². The third-order valence-corrected chi connectivity index (χ3v) is 4.50. The normalized spacial score (nSPS) is 15.3. The highest BCUT2D eigenvalue weighted by Crippen LogP contribution is 2.31. The van der Waals surface area contributed by atoms with E-state index in [-0.39, 0.29) is 11.8 Å². The van der Waals surface area contributed by atoms with E-state index in [1.165, 1.54) is 4.88 Å². The van der Waals surface area contributed by atoms with Gasteiger partial charge in [-0.2, -0.15) is 5.26 Å². The van der Waals surface area contributed by atoms with Crippen molar-refractivity contribution in [3.63, 3.8) is 0 Å². The molecule has 20 heavy (non-hydrogen) atoms. The highest BCUT2D eigenvalue weighted by molar-refractivity contribution is 7.10. The van der Waals surface area contributed by atoms with Crippen LogP contribution in [0.4, 0.5) is 0 Å². The number of Topliss-reactive ketones (excluding diaryl/α,β-unsaturated/α-hetero) is 1. The van der Waals surface area contributed by atoms with Gasteiger partial charge in [-0.1, -0.05) is 0 Å². The predicted octanol–water partition coefficient (Wildman–Crippen LogP) is 2.47. The lowest BCUT2D eigenvalue weighted by Crippen LogP contribution is -2.38. The van der Waals surface area contributed by atoms with Crippen molar-refractivity contribution in [2.75, 3.05) is 0 Å². The molecule has 0 bridgehead atoms. The van der Waals surface area contributed by atoms with Crippen LogP contribution in [0.1, 0.15) is 47.5 Å². The number of nitriles is 1. The molecule has 0 spiro atoms. The molecular formula is C15H18N2O2S. The molecule has 2 rings (SSSR count). The van der Waals surface area contributed by atoms with E-state index in [9.17, 15) is 9.59 Å². The van der Waals surface area contributed by atoms with Gasteiger partial charge in [0.2, 0.25) is 5.91 Å². The molecule has 0 aliphatic heterocycles. The number of thiophene rings is 1. The number of fused-ring (bicyclic) bond motifs is 1. The van der Waals surface area contributed by atoms with Crippen LogP contribution in [0.15, 0.2) is 5.38 Å². The molecule has 0 radical (unpaired) electrons. The molecule has 1 atom stereocenters. The second-order valence-corrected chi connectivity index (χ2v) is 6.31. The van der Waals surface area contributed by atoms with Crippen molar-refractivity contribution >= 4 is 23.0 Å². The Hall–Kier alpha value is -1.67. The number of nitrogens with zero attached hydrogens (tertiary/aromatic N) is 1. The van der Waals surface area contributed by atoms with Crippen molar-refractivity contribution in [1.29, 1.82) is 5.26 Å². The van der Waals surface area contributed by atoms with Gasteiger partial charge in [0.05, 0.1) is 6.07 Å². The highest BCUT2D eigenvalue weighted by atomic mass is 32.1. The minimum absolute atomic E-state index is 0.0810. The van der Waals surface area contributed by atoms with E-state index in [1.54, 1.807) is 11.3 Å². The molecule has 1 aromatic heterocycles. The van der Waals surface area contributed by atoms with Crippen LogP contribution in [0, 0.1) is 17.2 Å². The maximum absolute atomic E-state index is 12.5. The van der Waals surface area contributed by atoms with Gasteiger partial charge < -0.3 is 5.32 Å². The summed E-state index contributed by atoms with van der Waals surface area (Å²) in [5, 5.41) is 13.6. The van der Waals surface area contributed by atoms with E-state index in [0.29, 0.717) is 5.56 Å². The Labute approximate surface area is 122 Å². The molecule has 1 aromatic rings. The summed E-state index contributed by atoms with van der Waals surface area (Å²) in [6.45, 7) is 3.62. The first-order chi connectivity index (χ1) is 9.54. The predicted molar refractivity (Wildman–Crippen MR) is 77.7 cm³/mol. The van der Waals surface area contributed by atoms with Crippen molar-refractivity contribution < 1.29 is 9.59 Å². The number of nitrogens with one attached hydrogen (secondary N) is 1. The van der Waals surface area contributed by atoms with Crippen molar-refractivity contribution in [2.24, 2.45) is 5.92 Å². The maximum Gasteiger partial charge on any atom is 0.245 e. The quantitative estimate of drug-likeness (QED) is 0.684. The van der Waals surface area contributed by atoms with Crippen molar-refractivity contribution in [3.8, 4) is 6.07 Å². The standard InChI is InChI=1S/C15H18N2O2S/c1-9(2)17-15(19)11(7-16)14(18)12-8-20-13-6-4-3-5-10(12)13/h8-9,11H,3-6H2,1-2H3,(H,17,19). The monoisotopic (exact) mass is 290 g/mol. The zero-order chi connectivity index (χ0) is 14.7. The van der Waals surface area contributed by atoms with Crippen LogP contribution in [-0.2, 0) is 17.6 Å². The molecule has 0 saturated carbocycles. The summed E-state index contributed by atoms with van der Waals surface area (Å²) in [5.41, 5.74) is 1.64. The summed E-state index contributed by atoms with van der Waals surface area (Å²) in [6.07, 6.45) is 4.10. The topological polar surface area (TPSA) is 70.0 Å². The van der Waals surface area contributed by atoms with Crippen LogP contribution >= 0.6 is 11.3 Å². The Kier molecular flexibility index (Phi) is 4.56. The lowest BCUT2D eigenvalue weighted by Gasteiger charge is -2.15. The average Bonchev–Trinajstić information content (AvgIpc) is 2.82. The summed E-state index contributed by atoms with van der Waals surface area (Å²) in [4.78, 5) is 25.6. The van der Waals surface area contributed by atoms with Crippen LogP contribution in [0.3, 0.4) is 0 Å². The Morgan fingerprint density at radius 2 is 2.05 bits per heavy atom. The first-order valence-electron chi connectivity index (χ1n) is 6.88. The minimum Gasteiger partial charge on any atom is -0.352 e. The van der Waals surface area contributed by atoms with Crippen molar-refractivity contribution in [2.45, 2.75) is 45.6 Å². The van der Waals surface area contributed by atoms with Gasteiger partial charge in [-0.3, -0.25) is 9.59 Å². The third kappa shape index (κ3) is 2.91. The molecule has 1 heterocycles. The molecule has 4 nitrogen and oxygen atoms in total. The van der Waals surface area contributed by atoms with Gasteiger partial charge in [-0.25, -0.2) is 0 Å². The van der Waals surface area contributed by atoms with E-state index in [0.717, 1.165) is 31.2 Å². The zero-order valence-corrected chi connectivity index (χ0v) is 12.5. The molecular weight excluding hydrogens is 272 g/mol. The third-order valence-electron chi connectivity index (χ3n) is 3.41.